The van der Waals surface area contributed by atoms with Gasteiger partial charge in [-0.15, -0.1) is 11.3 Å². The molecule has 0 bridgehead atoms. The number of nitrogens with zero attached hydrogens (tertiary/aromatic N) is 2. The van der Waals surface area contributed by atoms with Crippen LogP contribution in [0.4, 0.5) is 5.69 Å². The monoisotopic (exact) mass is 273 g/mol. The van der Waals surface area contributed by atoms with Crippen LogP contribution in [-0.4, -0.2) is 21.8 Å². The lowest BCUT2D eigenvalue weighted by atomic mass is 10.3. The van der Waals surface area contributed by atoms with Gasteiger partial charge in [-0.1, -0.05) is 6.07 Å². The lowest BCUT2D eigenvalue weighted by Crippen LogP contribution is -2.32. The molecule has 2 heterocycles. The fourth-order valence-corrected chi connectivity index (χ4v) is 2.71. The molecule has 98 valence electrons. The minimum Gasteiger partial charge on any atom is -0.397 e. The first kappa shape index (κ1) is 12.2. The molecule has 2 N–H and O–H groups in total. The van der Waals surface area contributed by atoms with Gasteiger partial charge in [0.25, 0.3) is 5.91 Å². The molecule has 3 rings (SSSR count). The van der Waals surface area contributed by atoms with Crippen molar-refractivity contribution in [3.63, 3.8) is 0 Å². The molecule has 1 aliphatic carbocycles. The Morgan fingerprint density at radius 1 is 1.42 bits per heavy atom. The highest BCUT2D eigenvalue weighted by atomic mass is 32.1. The molecule has 0 radical (unpaired) electrons. The standard InChI is InChI=1S/C14H15N3OS/c15-10-3-6-13(16-8-10)14(18)17(11-4-5-11)9-12-2-1-7-19-12/h1-3,6-8,11H,4-5,9,15H2. The number of carbonyl (C=O) groups excluding carboxylic acids is 1. The lowest BCUT2D eigenvalue weighted by Gasteiger charge is -2.21. The fraction of sp³-hybridized carbons (Fsp3) is 0.286. The fourth-order valence-electron chi connectivity index (χ4n) is 2.00. The molecule has 0 aromatic carbocycles. The highest BCUT2D eigenvalue weighted by molar-refractivity contribution is 7.09. The second kappa shape index (κ2) is 5.01. The molecule has 1 amide bonds. The van der Waals surface area contributed by atoms with Crippen molar-refractivity contribution < 1.29 is 4.79 Å². The van der Waals surface area contributed by atoms with Crippen LogP contribution in [0.25, 0.3) is 0 Å². The molecule has 0 aliphatic heterocycles. The van der Waals surface area contributed by atoms with E-state index in [2.05, 4.69) is 11.1 Å². The molecule has 0 saturated heterocycles. The zero-order valence-electron chi connectivity index (χ0n) is 10.5. The summed E-state index contributed by atoms with van der Waals surface area (Å²) in [6.45, 7) is 0.674. The zero-order chi connectivity index (χ0) is 13.2. The van der Waals surface area contributed by atoms with Gasteiger partial charge in [0.05, 0.1) is 18.4 Å². The summed E-state index contributed by atoms with van der Waals surface area (Å²) in [5, 5.41) is 2.03. The summed E-state index contributed by atoms with van der Waals surface area (Å²) < 4.78 is 0. The van der Waals surface area contributed by atoms with Gasteiger partial charge in [0, 0.05) is 10.9 Å². The highest BCUT2D eigenvalue weighted by Crippen LogP contribution is 2.30. The third kappa shape index (κ3) is 2.76. The number of rotatable bonds is 4. The summed E-state index contributed by atoms with van der Waals surface area (Å²) in [5.74, 6) is -0.00380. The van der Waals surface area contributed by atoms with E-state index in [1.165, 1.54) is 11.1 Å². The van der Waals surface area contributed by atoms with E-state index in [1.807, 2.05) is 16.3 Å². The van der Waals surface area contributed by atoms with Crippen LogP contribution >= 0.6 is 11.3 Å². The predicted molar refractivity (Wildman–Crippen MR) is 75.9 cm³/mol. The van der Waals surface area contributed by atoms with E-state index in [-0.39, 0.29) is 5.91 Å². The molecule has 2 aromatic rings. The molecule has 0 atom stereocenters. The van der Waals surface area contributed by atoms with Gasteiger partial charge in [-0.25, -0.2) is 4.98 Å². The number of nitrogen functional groups attached to an aromatic ring is 1. The predicted octanol–water partition coefficient (Wildman–Crippen LogP) is 2.53. The second-order valence-corrected chi connectivity index (χ2v) is 5.75. The van der Waals surface area contributed by atoms with Gasteiger partial charge in [0.2, 0.25) is 0 Å². The van der Waals surface area contributed by atoms with Gasteiger partial charge < -0.3 is 10.6 Å². The van der Waals surface area contributed by atoms with Crippen LogP contribution in [0.3, 0.4) is 0 Å². The topological polar surface area (TPSA) is 59.2 Å². The van der Waals surface area contributed by atoms with E-state index < -0.39 is 0 Å². The van der Waals surface area contributed by atoms with Crippen molar-refractivity contribution in [2.24, 2.45) is 0 Å². The van der Waals surface area contributed by atoms with E-state index in [1.54, 1.807) is 23.5 Å². The van der Waals surface area contributed by atoms with Crippen molar-refractivity contribution in [2.75, 3.05) is 5.73 Å². The lowest BCUT2D eigenvalue weighted by molar-refractivity contribution is 0.0726. The number of carbonyl (C=O) groups is 1. The maximum absolute atomic E-state index is 12.5. The van der Waals surface area contributed by atoms with Crippen LogP contribution in [0, 0.1) is 0 Å². The van der Waals surface area contributed by atoms with Crippen LogP contribution in [-0.2, 0) is 6.54 Å². The normalized spacial score (nSPS) is 14.3. The number of amides is 1. The Hall–Kier alpha value is -1.88. The zero-order valence-corrected chi connectivity index (χ0v) is 11.3. The number of pyridine rings is 1. The maximum atomic E-state index is 12.5. The average molecular weight is 273 g/mol. The largest absolute Gasteiger partial charge is 0.397 e. The Morgan fingerprint density at radius 2 is 2.26 bits per heavy atom. The summed E-state index contributed by atoms with van der Waals surface area (Å²) in [6.07, 6.45) is 3.71. The van der Waals surface area contributed by atoms with Gasteiger partial charge in [-0.3, -0.25) is 4.79 Å². The average Bonchev–Trinajstić information content (AvgIpc) is 3.13. The van der Waals surface area contributed by atoms with Gasteiger partial charge >= 0.3 is 0 Å². The van der Waals surface area contributed by atoms with Crippen molar-refractivity contribution in [1.82, 2.24) is 9.88 Å². The van der Waals surface area contributed by atoms with E-state index in [9.17, 15) is 4.79 Å². The molecular formula is C14H15N3OS. The Morgan fingerprint density at radius 3 is 2.84 bits per heavy atom. The van der Waals surface area contributed by atoms with Crippen molar-refractivity contribution in [2.45, 2.75) is 25.4 Å². The number of hydrogen-bond donors (Lipinski definition) is 1. The van der Waals surface area contributed by atoms with Crippen LogP contribution in [0.1, 0.15) is 28.2 Å². The summed E-state index contributed by atoms with van der Waals surface area (Å²) in [5.41, 5.74) is 6.65. The van der Waals surface area contributed by atoms with Crippen LogP contribution in [0.2, 0.25) is 0 Å². The molecule has 2 aromatic heterocycles. The Balaban J connectivity index is 1.79. The van der Waals surface area contributed by atoms with E-state index >= 15 is 0 Å². The number of anilines is 1. The molecular weight excluding hydrogens is 258 g/mol. The SMILES string of the molecule is Nc1ccc(C(=O)N(Cc2cccs2)C2CC2)nc1. The van der Waals surface area contributed by atoms with Crippen LogP contribution in [0.15, 0.2) is 35.8 Å². The van der Waals surface area contributed by atoms with Gasteiger partial charge in [0.15, 0.2) is 0 Å². The first-order chi connectivity index (χ1) is 9.24. The van der Waals surface area contributed by atoms with Gasteiger partial charge in [-0.05, 0) is 36.4 Å². The number of thiophene rings is 1. The van der Waals surface area contributed by atoms with Crippen molar-refractivity contribution in [3.05, 3.63) is 46.4 Å². The molecule has 0 unspecified atom stereocenters. The summed E-state index contributed by atoms with van der Waals surface area (Å²) in [6, 6.07) is 7.85. The first-order valence-corrected chi connectivity index (χ1v) is 7.17. The molecule has 5 heteroatoms. The van der Waals surface area contributed by atoms with Crippen molar-refractivity contribution >= 4 is 22.9 Å². The molecule has 1 aliphatic rings. The minimum absolute atomic E-state index is 0.00380. The van der Waals surface area contributed by atoms with E-state index in [4.69, 9.17) is 5.73 Å². The van der Waals surface area contributed by atoms with Crippen molar-refractivity contribution in [1.29, 1.82) is 0 Å². The van der Waals surface area contributed by atoms with Crippen molar-refractivity contribution in [3.8, 4) is 0 Å². The third-order valence-electron chi connectivity index (χ3n) is 3.16. The Bertz CT molecular complexity index is 561. The molecule has 0 spiro atoms. The minimum atomic E-state index is -0.00380. The van der Waals surface area contributed by atoms with Gasteiger partial charge in [0.1, 0.15) is 5.69 Å². The molecule has 1 saturated carbocycles. The third-order valence-corrected chi connectivity index (χ3v) is 4.02. The summed E-state index contributed by atoms with van der Waals surface area (Å²) >= 11 is 1.68. The second-order valence-electron chi connectivity index (χ2n) is 4.72. The Kier molecular flexibility index (Phi) is 3.21. The number of aromatic nitrogens is 1. The smallest absolute Gasteiger partial charge is 0.273 e. The van der Waals surface area contributed by atoms with Crippen LogP contribution < -0.4 is 5.73 Å². The first-order valence-electron chi connectivity index (χ1n) is 6.29. The summed E-state index contributed by atoms with van der Waals surface area (Å²) in [4.78, 5) is 19.7. The quantitative estimate of drug-likeness (QED) is 0.931. The number of hydrogen-bond acceptors (Lipinski definition) is 4. The van der Waals surface area contributed by atoms with E-state index in [0.717, 1.165) is 12.8 Å². The maximum Gasteiger partial charge on any atom is 0.273 e. The molecule has 19 heavy (non-hydrogen) atoms. The summed E-state index contributed by atoms with van der Waals surface area (Å²) in [7, 11) is 0. The van der Waals surface area contributed by atoms with Crippen LogP contribution in [0.5, 0.6) is 0 Å². The number of nitrogens with two attached hydrogens (primary N) is 1. The highest BCUT2D eigenvalue weighted by Gasteiger charge is 2.33. The molecule has 4 nitrogen and oxygen atoms in total. The molecule has 1 fully saturated rings. The van der Waals surface area contributed by atoms with E-state index in [0.29, 0.717) is 24.0 Å². The Labute approximate surface area is 115 Å². The van der Waals surface area contributed by atoms with Gasteiger partial charge in [-0.2, -0.15) is 0 Å².